The van der Waals surface area contributed by atoms with Crippen LogP contribution in [0.15, 0.2) is 36.4 Å². The van der Waals surface area contributed by atoms with E-state index in [0.717, 1.165) is 30.3 Å². The highest BCUT2D eigenvalue weighted by atomic mass is 35.5. The van der Waals surface area contributed by atoms with Gasteiger partial charge in [0.25, 0.3) is 5.91 Å². The SMILES string of the molecule is CCNC(=O)C(C)NC(=O)c1ccc(/C(F)=C/C(c2cc(Cl)c(Cl)c(Cl)c2)C(F)(F)F)cc1Cl. The number of amides is 2. The molecule has 0 aliphatic rings. The first kappa shape index (κ1) is 28.2. The van der Waals surface area contributed by atoms with Crippen LogP contribution in [-0.2, 0) is 4.79 Å². The quantitative estimate of drug-likeness (QED) is 0.278. The summed E-state index contributed by atoms with van der Waals surface area (Å²) in [6, 6.07) is 4.28. The fraction of sp³-hybridized carbons (Fsp3) is 0.273. The molecule has 0 radical (unpaired) electrons. The molecule has 0 aromatic heterocycles. The van der Waals surface area contributed by atoms with Crippen molar-refractivity contribution in [1.29, 1.82) is 0 Å². The van der Waals surface area contributed by atoms with Crippen molar-refractivity contribution in [2.24, 2.45) is 0 Å². The van der Waals surface area contributed by atoms with Gasteiger partial charge in [-0.05, 0) is 49.8 Å². The predicted molar refractivity (Wildman–Crippen MR) is 126 cm³/mol. The number of hydrogen-bond acceptors (Lipinski definition) is 2. The van der Waals surface area contributed by atoms with E-state index in [0.29, 0.717) is 12.6 Å². The maximum absolute atomic E-state index is 14.9. The molecule has 2 amide bonds. The summed E-state index contributed by atoms with van der Waals surface area (Å²) < 4.78 is 55.9. The van der Waals surface area contributed by atoms with Crippen molar-refractivity contribution < 1.29 is 27.2 Å². The minimum atomic E-state index is -4.88. The van der Waals surface area contributed by atoms with Gasteiger partial charge in [-0.2, -0.15) is 13.2 Å². The number of allylic oxidation sites excluding steroid dienone is 1. The first-order valence-corrected chi connectivity index (χ1v) is 11.2. The zero-order valence-corrected chi connectivity index (χ0v) is 20.7. The molecule has 2 aromatic carbocycles. The summed E-state index contributed by atoms with van der Waals surface area (Å²) in [5, 5.41) is 4.19. The molecule has 0 spiro atoms. The molecule has 2 rings (SSSR count). The Morgan fingerprint density at radius 2 is 1.62 bits per heavy atom. The molecule has 0 fully saturated rings. The fourth-order valence-corrected chi connectivity index (χ4v) is 3.77. The van der Waals surface area contributed by atoms with E-state index >= 15 is 0 Å². The minimum Gasteiger partial charge on any atom is -0.355 e. The van der Waals surface area contributed by atoms with E-state index in [4.69, 9.17) is 46.4 Å². The lowest BCUT2D eigenvalue weighted by Crippen LogP contribution is -2.44. The van der Waals surface area contributed by atoms with Crippen LogP contribution in [0.1, 0.15) is 41.3 Å². The summed E-state index contributed by atoms with van der Waals surface area (Å²) >= 11 is 23.5. The third-order valence-corrected chi connectivity index (χ3v) is 6.12. The molecule has 2 aromatic rings. The Morgan fingerprint density at radius 3 is 2.12 bits per heavy atom. The van der Waals surface area contributed by atoms with Gasteiger partial charge in [-0.1, -0.05) is 52.5 Å². The summed E-state index contributed by atoms with van der Waals surface area (Å²) in [5.41, 5.74) is -0.791. The van der Waals surface area contributed by atoms with Crippen molar-refractivity contribution in [2.45, 2.75) is 32.0 Å². The third-order valence-electron chi connectivity index (χ3n) is 4.61. The number of rotatable bonds is 7. The van der Waals surface area contributed by atoms with Gasteiger partial charge in [-0.15, -0.1) is 0 Å². The standard InChI is InChI=1S/C22H18Cl4F4N2O2/c1-3-31-20(33)10(2)32-21(34)13-5-4-11(6-15(13)23)18(27)9-14(22(28,29)30)12-7-16(24)19(26)17(25)8-12/h4-10,14H,3H2,1-2H3,(H,31,33)(H,32,34)/b18-9-. The van der Waals surface area contributed by atoms with Crippen LogP contribution in [0, 0.1) is 0 Å². The van der Waals surface area contributed by atoms with Crippen molar-refractivity contribution >= 4 is 64.0 Å². The highest BCUT2D eigenvalue weighted by Crippen LogP contribution is 2.42. The second kappa shape index (κ2) is 11.6. The van der Waals surface area contributed by atoms with Crippen molar-refractivity contribution in [1.82, 2.24) is 10.6 Å². The summed E-state index contributed by atoms with van der Waals surface area (Å²) in [6.45, 7) is 3.54. The molecule has 4 nitrogen and oxygen atoms in total. The first-order valence-electron chi connectivity index (χ1n) is 9.73. The van der Waals surface area contributed by atoms with E-state index in [2.05, 4.69) is 10.6 Å². The Labute approximate surface area is 213 Å². The molecule has 0 aliphatic carbocycles. The van der Waals surface area contributed by atoms with Crippen LogP contribution in [-0.4, -0.2) is 30.6 Å². The number of nitrogens with one attached hydrogen (secondary N) is 2. The lowest BCUT2D eigenvalue weighted by atomic mass is 9.96. The van der Waals surface area contributed by atoms with Crippen LogP contribution in [0.4, 0.5) is 17.6 Å². The normalized spacial score (nSPS) is 13.9. The van der Waals surface area contributed by atoms with Gasteiger partial charge in [0.05, 0.1) is 25.7 Å². The van der Waals surface area contributed by atoms with Gasteiger partial charge < -0.3 is 10.6 Å². The summed E-state index contributed by atoms with van der Waals surface area (Å²) in [6.07, 6.45) is -4.53. The predicted octanol–water partition coefficient (Wildman–Crippen LogP) is 7.21. The van der Waals surface area contributed by atoms with E-state index in [1.807, 2.05) is 0 Å². The van der Waals surface area contributed by atoms with Crippen molar-refractivity contribution in [3.05, 3.63) is 73.2 Å². The topological polar surface area (TPSA) is 58.2 Å². The Hall–Kier alpha value is -2.00. The van der Waals surface area contributed by atoms with Gasteiger partial charge in [-0.3, -0.25) is 9.59 Å². The zero-order chi connectivity index (χ0) is 25.8. The molecular formula is C22H18Cl4F4N2O2. The van der Waals surface area contributed by atoms with Gasteiger partial charge in [0.15, 0.2) is 0 Å². The summed E-state index contributed by atoms with van der Waals surface area (Å²) in [4.78, 5) is 24.2. The smallest absolute Gasteiger partial charge is 0.355 e. The number of hydrogen-bond donors (Lipinski definition) is 2. The van der Waals surface area contributed by atoms with Crippen LogP contribution >= 0.6 is 46.4 Å². The maximum Gasteiger partial charge on any atom is 0.399 e. The average Bonchev–Trinajstić information content (AvgIpc) is 2.74. The van der Waals surface area contributed by atoms with Crippen molar-refractivity contribution in [3.8, 4) is 0 Å². The van der Waals surface area contributed by atoms with Crippen molar-refractivity contribution in [3.63, 3.8) is 0 Å². The molecule has 184 valence electrons. The van der Waals surface area contributed by atoms with E-state index in [9.17, 15) is 27.2 Å². The van der Waals surface area contributed by atoms with Crippen LogP contribution in [0.25, 0.3) is 5.83 Å². The fourth-order valence-electron chi connectivity index (χ4n) is 2.89. The van der Waals surface area contributed by atoms with Crippen LogP contribution in [0.3, 0.4) is 0 Å². The Morgan fingerprint density at radius 1 is 1.03 bits per heavy atom. The molecule has 0 aliphatic heterocycles. The van der Waals surface area contributed by atoms with Gasteiger partial charge in [-0.25, -0.2) is 4.39 Å². The molecule has 0 bridgehead atoms. The second-order valence-electron chi connectivity index (χ2n) is 7.12. The molecule has 0 saturated carbocycles. The molecule has 2 atom stereocenters. The largest absolute Gasteiger partial charge is 0.399 e. The van der Waals surface area contributed by atoms with Crippen molar-refractivity contribution in [2.75, 3.05) is 6.54 Å². The first-order chi connectivity index (χ1) is 15.8. The highest BCUT2D eigenvalue weighted by Gasteiger charge is 2.40. The second-order valence-corrected chi connectivity index (χ2v) is 8.72. The number of carbonyl (C=O) groups excluding carboxylic acids is 2. The Kier molecular flexibility index (Phi) is 9.65. The summed E-state index contributed by atoms with van der Waals surface area (Å²) in [7, 11) is 0. The molecule has 2 unspecified atom stereocenters. The van der Waals surface area contributed by atoms with E-state index in [1.54, 1.807) is 6.92 Å². The van der Waals surface area contributed by atoms with Gasteiger partial charge in [0.2, 0.25) is 5.91 Å². The number of carbonyl (C=O) groups is 2. The average molecular weight is 560 g/mol. The van der Waals surface area contributed by atoms with Gasteiger partial charge >= 0.3 is 6.18 Å². The Bertz CT molecular complexity index is 1100. The van der Waals surface area contributed by atoms with Crippen LogP contribution in [0.5, 0.6) is 0 Å². The van der Waals surface area contributed by atoms with Crippen LogP contribution < -0.4 is 10.6 Å². The van der Waals surface area contributed by atoms with E-state index < -0.39 is 41.3 Å². The molecule has 0 heterocycles. The van der Waals surface area contributed by atoms with E-state index in [1.165, 1.54) is 6.92 Å². The lowest BCUT2D eigenvalue weighted by molar-refractivity contribution is -0.139. The van der Waals surface area contributed by atoms with Gasteiger partial charge in [0, 0.05) is 12.1 Å². The Balaban J connectivity index is 2.35. The highest BCUT2D eigenvalue weighted by molar-refractivity contribution is 6.48. The number of halogens is 8. The number of likely N-dealkylation sites (N-methyl/N-ethyl adjacent to an activating group) is 1. The molecule has 0 saturated heterocycles. The third kappa shape index (κ3) is 7.01. The summed E-state index contributed by atoms with van der Waals surface area (Å²) in [5.74, 6) is -4.76. The molecule has 34 heavy (non-hydrogen) atoms. The lowest BCUT2D eigenvalue weighted by Gasteiger charge is -2.19. The monoisotopic (exact) mass is 558 g/mol. The van der Waals surface area contributed by atoms with Gasteiger partial charge in [0.1, 0.15) is 17.8 Å². The van der Waals surface area contributed by atoms with Crippen LogP contribution in [0.2, 0.25) is 20.1 Å². The zero-order valence-electron chi connectivity index (χ0n) is 17.7. The maximum atomic E-state index is 14.9. The number of benzene rings is 2. The molecule has 12 heteroatoms. The van der Waals surface area contributed by atoms with E-state index in [-0.39, 0.29) is 31.2 Å². The molecular weight excluding hydrogens is 542 g/mol. The minimum absolute atomic E-state index is 0.0852. The number of alkyl halides is 3. The molecule has 2 N–H and O–H groups in total.